The number of fused-ring (bicyclic) bond motifs is 1. The van der Waals surface area contributed by atoms with Gasteiger partial charge in [-0.05, 0) is 24.6 Å². The van der Waals surface area contributed by atoms with E-state index in [1.165, 1.54) is 17.3 Å². The first kappa shape index (κ1) is 17.6. The van der Waals surface area contributed by atoms with Crippen molar-refractivity contribution in [1.82, 2.24) is 14.9 Å². The Hall–Kier alpha value is -2.80. The summed E-state index contributed by atoms with van der Waals surface area (Å²) in [7, 11) is 0. The molecule has 0 spiro atoms. The van der Waals surface area contributed by atoms with Gasteiger partial charge in [-0.15, -0.1) is 10.2 Å². The minimum Gasteiger partial charge on any atom is -0.325 e. The van der Waals surface area contributed by atoms with Crippen LogP contribution < -0.4 is 10.7 Å². The number of aromatic nitrogens is 3. The van der Waals surface area contributed by atoms with Crippen molar-refractivity contribution in [3.63, 3.8) is 0 Å². The summed E-state index contributed by atoms with van der Waals surface area (Å²) in [5, 5.41) is 11.8. The Balaban J connectivity index is 1.67. The number of nitrogens with one attached hydrogen (secondary N) is 2. The number of para-hydroxylation sites is 1. The zero-order valence-corrected chi connectivity index (χ0v) is 16.0. The topological polar surface area (TPSA) is 71.8 Å². The molecule has 1 amide bonds. The number of amides is 1. The highest BCUT2D eigenvalue weighted by Crippen LogP contribution is 2.37. The zero-order chi connectivity index (χ0) is 18.8. The molecule has 27 heavy (non-hydrogen) atoms. The van der Waals surface area contributed by atoms with Gasteiger partial charge in [0.15, 0.2) is 5.82 Å². The molecular weight excluding hydrogens is 358 g/mol. The number of hydrogen-bond donors (Lipinski definition) is 2. The molecule has 0 saturated carbocycles. The van der Waals surface area contributed by atoms with Crippen LogP contribution in [-0.4, -0.2) is 26.0 Å². The van der Waals surface area contributed by atoms with Crippen LogP contribution in [0.1, 0.15) is 29.9 Å². The first-order valence-corrected chi connectivity index (χ1v) is 9.83. The third-order valence-corrected chi connectivity index (χ3v) is 5.77. The fourth-order valence-electron chi connectivity index (χ4n) is 3.09. The van der Waals surface area contributed by atoms with Crippen molar-refractivity contribution in [3.8, 4) is 0 Å². The first-order valence-electron chi connectivity index (χ1n) is 8.95. The molecule has 3 aromatic rings. The van der Waals surface area contributed by atoms with Crippen molar-refractivity contribution in [2.24, 2.45) is 0 Å². The van der Waals surface area contributed by atoms with Crippen molar-refractivity contribution in [2.45, 2.75) is 36.7 Å². The molecule has 4 rings (SSSR count). The van der Waals surface area contributed by atoms with Crippen molar-refractivity contribution in [3.05, 3.63) is 71.5 Å². The Kier molecular flexibility index (Phi) is 4.85. The number of benzene rings is 2. The molecule has 2 atom stereocenters. The summed E-state index contributed by atoms with van der Waals surface area (Å²) in [6.07, 6.45) is 0.766. The van der Waals surface area contributed by atoms with Crippen molar-refractivity contribution in [1.29, 1.82) is 0 Å². The number of anilines is 1. The van der Waals surface area contributed by atoms with Gasteiger partial charge in [-0.2, -0.15) is 0 Å². The second kappa shape index (κ2) is 7.44. The lowest BCUT2D eigenvalue weighted by Gasteiger charge is -2.33. The van der Waals surface area contributed by atoms with Crippen LogP contribution >= 0.6 is 11.8 Å². The third-order valence-electron chi connectivity index (χ3n) is 4.56. The Bertz CT molecular complexity index is 939. The van der Waals surface area contributed by atoms with E-state index in [4.69, 9.17) is 0 Å². The predicted molar refractivity (Wildman–Crippen MR) is 107 cm³/mol. The lowest BCUT2D eigenvalue weighted by molar-refractivity contribution is -0.116. The molecule has 1 aromatic heterocycles. The van der Waals surface area contributed by atoms with Crippen LogP contribution in [-0.2, 0) is 11.2 Å². The number of carbonyl (C=O) groups excluding carboxylic acids is 1. The number of thioether (sulfide) groups is 1. The number of rotatable bonds is 4. The molecule has 138 valence electrons. The number of hydrogen-bond acceptors (Lipinski definition) is 5. The molecule has 6 nitrogen and oxygen atoms in total. The van der Waals surface area contributed by atoms with Gasteiger partial charge in [0, 0.05) is 12.1 Å². The maximum atomic E-state index is 13.1. The molecule has 1 aliphatic rings. The van der Waals surface area contributed by atoms with Gasteiger partial charge >= 0.3 is 0 Å². The Morgan fingerprint density at radius 2 is 1.89 bits per heavy atom. The van der Waals surface area contributed by atoms with E-state index in [0.717, 1.165) is 23.5 Å². The Morgan fingerprint density at radius 3 is 2.59 bits per heavy atom. The average molecular weight is 379 g/mol. The predicted octanol–water partition coefficient (Wildman–Crippen LogP) is 3.55. The summed E-state index contributed by atoms with van der Waals surface area (Å²) in [6, 6.07) is 17.6. The highest BCUT2D eigenvalue weighted by atomic mass is 32.2. The Labute approximate surface area is 162 Å². The monoisotopic (exact) mass is 379 g/mol. The number of carbonyl (C=O) groups is 1. The van der Waals surface area contributed by atoms with Crippen molar-refractivity contribution < 1.29 is 4.79 Å². The van der Waals surface area contributed by atoms with Crippen molar-refractivity contribution >= 4 is 23.4 Å². The Morgan fingerprint density at radius 1 is 1.15 bits per heavy atom. The molecule has 0 radical (unpaired) electrons. The van der Waals surface area contributed by atoms with E-state index in [1.54, 1.807) is 0 Å². The second-order valence-electron chi connectivity index (χ2n) is 6.50. The van der Waals surface area contributed by atoms with E-state index >= 15 is 0 Å². The van der Waals surface area contributed by atoms with Crippen LogP contribution in [0.3, 0.4) is 0 Å². The van der Waals surface area contributed by atoms with Gasteiger partial charge in [-0.3, -0.25) is 4.79 Å². The van der Waals surface area contributed by atoms with Gasteiger partial charge in [0.2, 0.25) is 11.1 Å². The molecule has 0 aliphatic carbocycles. The van der Waals surface area contributed by atoms with E-state index in [9.17, 15) is 4.79 Å². The number of aryl methyl sites for hydroxylation is 2. The van der Waals surface area contributed by atoms with Crippen LogP contribution in [0.4, 0.5) is 5.69 Å². The highest BCUT2D eigenvalue weighted by Gasteiger charge is 2.37. The largest absolute Gasteiger partial charge is 0.325 e. The van der Waals surface area contributed by atoms with Gasteiger partial charge in [0.05, 0.1) is 6.04 Å². The minimum absolute atomic E-state index is 0.0587. The van der Waals surface area contributed by atoms with E-state index < -0.39 is 0 Å². The average Bonchev–Trinajstić information content (AvgIpc) is 3.10. The molecular formula is C20H21N5OS. The quantitative estimate of drug-likeness (QED) is 0.725. The minimum atomic E-state index is -0.366. The zero-order valence-electron chi connectivity index (χ0n) is 15.2. The molecule has 0 bridgehead atoms. The van der Waals surface area contributed by atoms with E-state index in [1.807, 2.05) is 41.9 Å². The molecule has 1 aliphatic heterocycles. The van der Waals surface area contributed by atoms with Gasteiger partial charge in [0.1, 0.15) is 5.25 Å². The van der Waals surface area contributed by atoms with Crippen LogP contribution in [0.5, 0.6) is 0 Å². The summed E-state index contributed by atoms with van der Waals surface area (Å²) < 4.78 is 1.90. The summed E-state index contributed by atoms with van der Waals surface area (Å²) in [4.78, 5) is 13.1. The third kappa shape index (κ3) is 3.55. The summed E-state index contributed by atoms with van der Waals surface area (Å²) in [6.45, 7) is 4.10. The molecule has 2 N–H and O–H groups in total. The van der Waals surface area contributed by atoms with Crippen LogP contribution in [0.25, 0.3) is 0 Å². The SMILES string of the molecule is CCc1nnc2n1N[C@@H](c1ccc(C)cc1)[C@H](C(=O)Nc1ccccc1)S2. The normalized spacial score (nSPS) is 18.4. The van der Waals surface area contributed by atoms with Crippen molar-refractivity contribution in [2.75, 3.05) is 10.7 Å². The molecule has 2 heterocycles. The van der Waals surface area contributed by atoms with Crippen LogP contribution in [0.15, 0.2) is 59.8 Å². The first-order chi connectivity index (χ1) is 13.2. The summed E-state index contributed by atoms with van der Waals surface area (Å²) in [5.41, 5.74) is 6.49. The van der Waals surface area contributed by atoms with Gasteiger partial charge in [-0.25, -0.2) is 4.68 Å². The molecule has 0 unspecified atom stereocenters. The van der Waals surface area contributed by atoms with Gasteiger partial charge < -0.3 is 10.7 Å². The van der Waals surface area contributed by atoms with Crippen LogP contribution in [0.2, 0.25) is 0 Å². The molecule has 0 saturated heterocycles. The smallest absolute Gasteiger partial charge is 0.240 e. The fraction of sp³-hybridized carbons (Fsp3) is 0.250. The van der Waals surface area contributed by atoms with E-state index in [-0.39, 0.29) is 17.2 Å². The van der Waals surface area contributed by atoms with Crippen LogP contribution in [0, 0.1) is 6.92 Å². The highest BCUT2D eigenvalue weighted by molar-refractivity contribution is 8.00. The van der Waals surface area contributed by atoms with Gasteiger partial charge in [-0.1, -0.05) is 66.7 Å². The lowest BCUT2D eigenvalue weighted by atomic mass is 10.0. The standard InChI is InChI=1S/C20H21N5OS/c1-3-16-22-23-20-25(16)24-17(14-11-9-13(2)10-12-14)18(27-20)19(26)21-15-7-5-4-6-8-15/h4-12,17-18,24H,3H2,1-2H3,(H,21,26)/t17-,18+/m0/s1. The fourth-order valence-corrected chi connectivity index (χ4v) is 4.19. The number of nitrogens with zero attached hydrogens (tertiary/aromatic N) is 3. The summed E-state index contributed by atoms with van der Waals surface area (Å²) >= 11 is 1.44. The second-order valence-corrected chi connectivity index (χ2v) is 7.61. The van der Waals surface area contributed by atoms with E-state index in [2.05, 4.69) is 52.1 Å². The maximum absolute atomic E-state index is 13.1. The molecule has 7 heteroatoms. The maximum Gasteiger partial charge on any atom is 0.240 e. The molecule has 2 aromatic carbocycles. The lowest BCUT2D eigenvalue weighted by Crippen LogP contribution is -2.41. The van der Waals surface area contributed by atoms with Gasteiger partial charge in [0.25, 0.3) is 0 Å². The van der Waals surface area contributed by atoms with E-state index in [0.29, 0.717) is 5.16 Å². The summed E-state index contributed by atoms with van der Waals surface area (Å²) in [5.74, 6) is 0.799. The molecule has 0 fully saturated rings.